The third-order valence-electron chi connectivity index (χ3n) is 4.66. The Balaban J connectivity index is 1.64. The summed E-state index contributed by atoms with van der Waals surface area (Å²) in [5, 5.41) is 2.22. The fraction of sp³-hybridized carbons (Fsp3) is 0.136. The molecule has 2 aromatic carbocycles. The normalized spacial score (nSPS) is 12.1. The molecule has 2 heterocycles. The molecule has 2 aromatic heterocycles. The van der Waals surface area contributed by atoms with Crippen LogP contribution in [0.4, 0.5) is 4.39 Å². The van der Waals surface area contributed by atoms with E-state index in [0.29, 0.717) is 21.3 Å². The molecule has 1 atom stereocenters. The van der Waals surface area contributed by atoms with E-state index < -0.39 is 12.0 Å². The fourth-order valence-electron chi connectivity index (χ4n) is 3.03. The topological polar surface area (TPSA) is 61.2 Å². The highest BCUT2D eigenvalue weighted by Crippen LogP contribution is 2.31. The molecule has 0 aliphatic carbocycles. The molecular formula is C22H17FN2O3S. The summed E-state index contributed by atoms with van der Waals surface area (Å²) < 4.78 is 19.9. The third kappa shape index (κ3) is 3.82. The Hall–Kier alpha value is -3.32. The van der Waals surface area contributed by atoms with Crippen LogP contribution in [-0.2, 0) is 16.1 Å². The van der Waals surface area contributed by atoms with Gasteiger partial charge in [0.05, 0.1) is 11.7 Å². The molecular weight excluding hydrogens is 391 g/mol. The van der Waals surface area contributed by atoms with Crippen molar-refractivity contribution >= 4 is 27.5 Å². The molecule has 0 radical (unpaired) electrons. The lowest BCUT2D eigenvalue weighted by atomic mass is 10.1. The van der Waals surface area contributed by atoms with Gasteiger partial charge in [0.2, 0.25) is 0 Å². The molecule has 0 saturated heterocycles. The quantitative estimate of drug-likeness (QED) is 0.454. The zero-order valence-electron chi connectivity index (χ0n) is 15.5. The van der Waals surface area contributed by atoms with E-state index in [1.165, 1.54) is 34.4 Å². The number of rotatable bonds is 5. The number of hydrogen-bond acceptors (Lipinski definition) is 5. The summed E-state index contributed by atoms with van der Waals surface area (Å²) >= 11 is 1.33. The molecule has 0 aliphatic rings. The number of fused-ring (bicyclic) bond motifs is 1. The van der Waals surface area contributed by atoms with Crippen molar-refractivity contribution in [2.45, 2.75) is 19.6 Å². The van der Waals surface area contributed by atoms with E-state index in [4.69, 9.17) is 4.74 Å². The van der Waals surface area contributed by atoms with Crippen LogP contribution in [0, 0.1) is 5.82 Å². The average Bonchev–Trinajstić information content (AvgIpc) is 3.18. The zero-order chi connectivity index (χ0) is 20.4. The SMILES string of the molecule is CC(C(=O)OCc1ccccc1)n1cnc2scc(-c3ccc(F)cc3)c2c1=O. The number of esters is 1. The number of ether oxygens (including phenoxy) is 1. The molecule has 1 unspecified atom stereocenters. The van der Waals surface area contributed by atoms with Gasteiger partial charge in [-0.25, -0.2) is 14.2 Å². The van der Waals surface area contributed by atoms with Crippen LogP contribution in [0.1, 0.15) is 18.5 Å². The van der Waals surface area contributed by atoms with Gasteiger partial charge in [0.25, 0.3) is 5.56 Å². The van der Waals surface area contributed by atoms with Gasteiger partial charge in [-0.05, 0) is 30.2 Å². The second-order valence-corrected chi connectivity index (χ2v) is 7.42. The number of halogens is 1. The van der Waals surface area contributed by atoms with E-state index in [1.54, 1.807) is 19.1 Å². The van der Waals surface area contributed by atoms with Crippen LogP contribution in [0.15, 0.2) is 71.1 Å². The average molecular weight is 408 g/mol. The summed E-state index contributed by atoms with van der Waals surface area (Å²) in [6.45, 7) is 1.74. The first-order chi connectivity index (χ1) is 14.0. The Morgan fingerprint density at radius 2 is 1.90 bits per heavy atom. The maximum atomic E-state index is 13.2. The van der Waals surface area contributed by atoms with Gasteiger partial charge in [-0.15, -0.1) is 11.3 Å². The van der Waals surface area contributed by atoms with Crippen LogP contribution in [0.2, 0.25) is 0 Å². The molecule has 5 nitrogen and oxygen atoms in total. The van der Waals surface area contributed by atoms with E-state index in [1.807, 2.05) is 35.7 Å². The van der Waals surface area contributed by atoms with E-state index in [2.05, 4.69) is 4.98 Å². The Labute approximate surface area is 170 Å². The van der Waals surface area contributed by atoms with Crippen molar-refractivity contribution in [3.63, 3.8) is 0 Å². The van der Waals surface area contributed by atoms with Crippen LogP contribution >= 0.6 is 11.3 Å². The monoisotopic (exact) mass is 408 g/mol. The van der Waals surface area contributed by atoms with Gasteiger partial charge in [-0.1, -0.05) is 42.5 Å². The van der Waals surface area contributed by atoms with Gasteiger partial charge in [0.15, 0.2) is 0 Å². The molecule has 0 fully saturated rings. The van der Waals surface area contributed by atoms with Gasteiger partial charge in [0, 0.05) is 10.9 Å². The summed E-state index contributed by atoms with van der Waals surface area (Å²) in [5.41, 5.74) is 1.92. The molecule has 29 heavy (non-hydrogen) atoms. The molecule has 4 aromatic rings. The smallest absolute Gasteiger partial charge is 0.329 e. The molecule has 7 heteroatoms. The van der Waals surface area contributed by atoms with Crippen molar-refractivity contribution in [2.75, 3.05) is 0 Å². The Morgan fingerprint density at radius 1 is 1.17 bits per heavy atom. The number of aromatic nitrogens is 2. The highest BCUT2D eigenvalue weighted by molar-refractivity contribution is 7.17. The second-order valence-electron chi connectivity index (χ2n) is 6.56. The van der Waals surface area contributed by atoms with Crippen LogP contribution in [0.5, 0.6) is 0 Å². The van der Waals surface area contributed by atoms with Gasteiger partial charge in [0.1, 0.15) is 23.3 Å². The molecule has 0 spiro atoms. The summed E-state index contributed by atoms with van der Waals surface area (Å²) in [6.07, 6.45) is 1.37. The predicted molar refractivity (Wildman–Crippen MR) is 110 cm³/mol. The van der Waals surface area contributed by atoms with Gasteiger partial charge >= 0.3 is 5.97 Å². The highest BCUT2D eigenvalue weighted by atomic mass is 32.1. The van der Waals surface area contributed by atoms with E-state index in [0.717, 1.165) is 5.56 Å². The summed E-state index contributed by atoms with van der Waals surface area (Å²) in [4.78, 5) is 30.5. The number of hydrogen-bond donors (Lipinski definition) is 0. The van der Waals surface area contributed by atoms with Gasteiger partial charge < -0.3 is 4.74 Å². The number of nitrogens with zero attached hydrogens (tertiary/aromatic N) is 2. The standard InChI is InChI=1S/C22H17FN2O3S/c1-14(22(27)28-11-15-5-3-2-4-6-15)25-13-24-20-19(21(25)26)18(12-29-20)16-7-9-17(23)10-8-16/h2-10,12-14H,11H2,1H3. The first-order valence-corrected chi connectivity index (χ1v) is 9.87. The molecule has 4 rings (SSSR count). The molecule has 0 saturated carbocycles. The molecule has 0 aliphatic heterocycles. The minimum absolute atomic E-state index is 0.133. The lowest BCUT2D eigenvalue weighted by Gasteiger charge is -2.14. The van der Waals surface area contributed by atoms with Crippen molar-refractivity contribution in [1.29, 1.82) is 0 Å². The fourth-order valence-corrected chi connectivity index (χ4v) is 3.93. The molecule has 146 valence electrons. The zero-order valence-corrected chi connectivity index (χ0v) is 16.4. The lowest BCUT2D eigenvalue weighted by molar-refractivity contribution is -0.148. The van der Waals surface area contributed by atoms with Gasteiger partial charge in [-0.3, -0.25) is 9.36 Å². The maximum Gasteiger partial charge on any atom is 0.329 e. The van der Waals surface area contributed by atoms with Crippen molar-refractivity contribution in [1.82, 2.24) is 9.55 Å². The molecule has 0 N–H and O–H groups in total. The van der Waals surface area contributed by atoms with Crippen molar-refractivity contribution in [3.05, 3.63) is 88.0 Å². The largest absolute Gasteiger partial charge is 0.459 e. The first-order valence-electron chi connectivity index (χ1n) is 8.99. The van der Waals surface area contributed by atoms with Crippen LogP contribution in [0.25, 0.3) is 21.3 Å². The molecule has 0 amide bonds. The Bertz CT molecular complexity index is 1220. The molecule has 0 bridgehead atoms. The maximum absolute atomic E-state index is 13.2. The predicted octanol–water partition coefficient (Wildman–Crippen LogP) is 4.57. The van der Waals surface area contributed by atoms with E-state index in [-0.39, 0.29) is 18.0 Å². The van der Waals surface area contributed by atoms with Crippen LogP contribution in [0.3, 0.4) is 0 Å². The lowest BCUT2D eigenvalue weighted by Crippen LogP contribution is -2.29. The van der Waals surface area contributed by atoms with Crippen LogP contribution in [-0.4, -0.2) is 15.5 Å². The second kappa shape index (κ2) is 7.97. The Morgan fingerprint density at radius 3 is 2.62 bits per heavy atom. The van der Waals surface area contributed by atoms with Gasteiger partial charge in [-0.2, -0.15) is 0 Å². The van der Waals surface area contributed by atoms with Crippen molar-refractivity contribution in [2.24, 2.45) is 0 Å². The Kier molecular flexibility index (Phi) is 5.22. The summed E-state index contributed by atoms with van der Waals surface area (Å²) in [5.74, 6) is -0.866. The van der Waals surface area contributed by atoms with E-state index >= 15 is 0 Å². The third-order valence-corrected chi connectivity index (χ3v) is 5.54. The first kappa shape index (κ1) is 19.0. The minimum atomic E-state index is -0.830. The number of carbonyl (C=O) groups excluding carboxylic acids is 1. The minimum Gasteiger partial charge on any atom is -0.459 e. The number of benzene rings is 2. The summed E-state index contributed by atoms with van der Waals surface area (Å²) in [7, 11) is 0. The number of carbonyl (C=O) groups is 1. The summed E-state index contributed by atoms with van der Waals surface area (Å²) in [6, 6.07) is 14.4. The van der Waals surface area contributed by atoms with Crippen molar-refractivity contribution < 1.29 is 13.9 Å². The van der Waals surface area contributed by atoms with E-state index in [9.17, 15) is 14.0 Å². The highest BCUT2D eigenvalue weighted by Gasteiger charge is 2.21. The number of thiophene rings is 1. The van der Waals surface area contributed by atoms with Crippen molar-refractivity contribution in [3.8, 4) is 11.1 Å². The van der Waals surface area contributed by atoms with Crippen LogP contribution < -0.4 is 5.56 Å².